The zero-order chi connectivity index (χ0) is 23.5. The summed E-state index contributed by atoms with van der Waals surface area (Å²) >= 11 is 1.36. The SMILES string of the molecule is CC1=[C-]CC=C1.CCCCc1cc2c(-c3ccccn3)cc(-c3ccccn3)cc2[cH-]1.Cl.Cl.[CH3-].[CH3-].[Si]=[Zr]. The number of aromatic nitrogens is 2. The molecule has 2 aromatic carbocycles. The van der Waals surface area contributed by atoms with Crippen LogP contribution in [0.4, 0.5) is 0 Å². The molecule has 0 aliphatic heterocycles. The van der Waals surface area contributed by atoms with Crippen molar-refractivity contribution in [3.63, 3.8) is 0 Å². The van der Waals surface area contributed by atoms with E-state index in [4.69, 9.17) is 0 Å². The van der Waals surface area contributed by atoms with Crippen molar-refractivity contribution >= 4 is 42.5 Å². The molecule has 0 unspecified atom stereocenters. The van der Waals surface area contributed by atoms with E-state index in [9.17, 15) is 0 Å². The van der Waals surface area contributed by atoms with Crippen LogP contribution in [-0.4, -0.2) is 16.8 Å². The molecule has 0 saturated heterocycles. The second-order valence-electron chi connectivity index (χ2n) is 7.89. The summed E-state index contributed by atoms with van der Waals surface area (Å²) in [7, 11) is 0. The van der Waals surface area contributed by atoms with Crippen molar-refractivity contribution in [3.8, 4) is 22.5 Å². The van der Waals surface area contributed by atoms with Crippen LogP contribution in [0.25, 0.3) is 33.3 Å². The number of hydrogen-bond donors (Lipinski definition) is 0. The first-order chi connectivity index (χ1) is 16.2. The summed E-state index contributed by atoms with van der Waals surface area (Å²) in [5.74, 6) is 0. The first-order valence-electron chi connectivity index (χ1n) is 11.3. The van der Waals surface area contributed by atoms with Gasteiger partial charge in [-0.2, -0.15) is 12.1 Å². The average Bonchev–Trinajstić information content (AvgIpc) is 3.53. The third kappa shape index (κ3) is 10.9. The molecule has 5 rings (SSSR count). The van der Waals surface area contributed by atoms with Gasteiger partial charge in [0.2, 0.25) is 0 Å². The van der Waals surface area contributed by atoms with Gasteiger partial charge in [-0.1, -0.05) is 44.9 Å². The van der Waals surface area contributed by atoms with Crippen molar-refractivity contribution < 1.29 is 23.3 Å². The first kappa shape index (κ1) is 37.4. The summed E-state index contributed by atoms with van der Waals surface area (Å²) in [6.45, 7) is 7.36. The second-order valence-corrected chi connectivity index (χ2v) is 7.89. The number of aryl methyl sites for hydroxylation is 1. The van der Waals surface area contributed by atoms with E-state index in [2.05, 4.69) is 85.3 Å². The third-order valence-corrected chi connectivity index (χ3v) is 5.47. The molecule has 2 nitrogen and oxygen atoms in total. The van der Waals surface area contributed by atoms with Crippen LogP contribution in [0.3, 0.4) is 0 Å². The molecular formula is C31H36Cl2N2SiZr-4. The van der Waals surface area contributed by atoms with Crippen LogP contribution in [0.15, 0.2) is 90.8 Å². The van der Waals surface area contributed by atoms with Gasteiger partial charge in [-0.25, -0.2) is 11.6 Å². The van der Waals surface area contributed by atoms with Crippen molar-refractivity contribution in [1.29, 1.82) is 0 Å². The molecule has 1 aliphatic carbocycles. The van der Waals surface area contributed by atoms with E-state index in [-0.39, 0.29) is 39.7 Å². The molecule has 4 aromatic rings. The van der Waals surface area contributed by atoms with Crippen molar-refractivity contribution in [2.75, 3.05) is 0 Å². The summed E-state index contributed by atoms with van der Waals surface area (Å²) in [5, 5.41) is 2.55. The van der Waals surface area contributed by atoms with Crippen molar-refractivity contribution in [2.45, 2.75) is 39.5 Å². The fraction of sp³-hybridized carbons (Fsp3) is 0.194. The van der Waals surface area contributed by atoms with E-state index >= 15 is 0 Å². The molecule has 2 radical (unpaired) electrons. The Hall–Kier alpha value is -1.71. The van der Waals surface area contributed by atoms with E-state index in [0.717, 1.165) is 29.8 Å². The van der Waals surface area contributed by atoms with Gasteiger partial charge in [-0.3, -0.25) is 16.0 Å². The van der Waals surface area contributed by atoms with Crippen LogP contribution in [0.1, 0.15) is 38.7 Å². The Kier molecular flexibility index (Phi) is 20.5. The zero-order valence-electron chi connectivity index (χ0n) is 22.1. The molecule has 2 heterocycles. The first-order valence-corrected chi connectivity index (χ1v) is 15.5. The number of fused-ring (bicyclic) bond motifs is 1. The quantitative estimate of drug-likeness (QED) is 0.163. The fourth-order valence-corrected chi connectivity index (χ4v) is 3.84. The number of halogens is 2. The molecular weight excluding hydrogens is 591 g/mol. The Balaban J connectivity index is 0. The van der Waals surface area contributed by atoms with Crippen LogP contribution in [0, 0.1) is 20.9 Å². The monoisotopic (exact) mass is 624 g/mol. The number of nitrogens with zero attached hydrogens (tertiary/aromatic N) is 2. The molecule has 0 saturated carbocycles. The predicted octanol–water partition coefficient (Wildman–Crippen LogP) is 9.08. The Bertz CT molecular complexity index is 1220. The zero-order valence-corrected chi connectivity index (χ0v) is 27.2. The number of pyridine rings is 2. The van der Waals surface area contributed by atoms with Crippen molar-refractivity contribution in [3.05, 3.63) is 117 Å². The Morgan fingerprint density at radius 1 is 0.946 bits per heavy atom. The number of hydrogen-bond acceptors (Lipinski definition) is 2. The molecule has 196 valence electrons. The molecule has 0 fully saturated rings. The predicted molar refractivity (Wildman–Crippen MR) is 164 cm³/mol. The van der Waals surface area contributed by atoms with E-state index < -0.39 is 0 Å². The summed E-state index contributed by atoms with van der Waals surface area (Å²) in [4.78, 5) is 9.11. The average molecular weight is 627 g/mol. The number of benzene rings is 1. The minimum absolute atomic E-state index is 0. The number of rotatable bonds is 5. The Morgan fingerprint density at radius 2 is 1.59 bits per heavy atom. The summed E-state index contributed by atoms with van der Waals surface area (Å²) < 4.78 is 0. The molecule has 6 heteroatoms. The minimum atomic E-state index is 0. The van der Waals surface area contributed by atoms with Crippen LogP contribution in [0.2, 0.25) is 0 Å². The van der Waals surface area contributed by atoms with Crippen LogP contribution < -0.4 is 0 Å². The number of unbranched alkanes of at least 4 members (excludes halogenated alkanes) is 1. The standard InChI is InChI=1S/C23H21N2.C6H7.2CH3.2ClH.Si.Zr/c1-2-3-8-17-13-18-15-19(22-9-4-6-11-24-22)16-21(20(18)14-17)23-10-5-7-12-25-23;1-6-4-2-3-5-6;;;;;;/h4-7,9-16H,2-3,8H2,1H3;2,4H,3H2,1H3;2*1H3;2*1H;;/q4*-1;;;;. The Labute approximate surface area is 253 Å². The maximum absolute atomic E-state index is 4.58. The van der Waals surface area contributed by atoms with Gasteiger partial charge >= 0.3 is 30.2 Å². The third-order valence-electron chi connectivity index (χ3n) is 5.47. The maximum atomic E-state index is 4.58. The number of allylic oxidation sites excluding steroid dienone is 4. The van der Waals surface area contributed by atoms with Gasteiger partial charge in [-0.05, 0) is 41.8 Å². The molecule has 0 spiro atoms. The van der Waals surface area contributed by atoms with Gasteiger partial charge < -0.3 is 14.9 Å². The summed E-state index contributed by atoms with van der Waals surface area (Å²) in [6, 6.07) is 21.2. The van der Waals surface area contributed by atoms with Gasteiger partial charge in [0.1, 0.15) is 0 Å². The van der Waals surface area contributed by atoms with E-state index in [1.807, 2.05) is 36.7 Å². The van der Waals surface area contributed by atoms with Gasteiger partial charge in [-0.15, -0.1) is 59.7 Å². The summed E-state index contributed by atoms with van der Waals surface area (Å²) in [6.07, 6.45) is 15.6. The van der Waals surface area contributed by atoms with Gasteiger partial charge in [0.15, 0.2) is 0 Å². The molecule has 1 aliphatic rings. The van der Waals surface area contributed by atoms with Gasteiger partial charge in [0, 0.05) is 12.4 Å². The molecule has 37 heavy (non-hydrogen) atoms. The van der Waals surface area contributed by atoms with Crippen LogP contribution in [-0.2, 0) is 29.8 Å². The van der Waals surface area contributed by atoms with E-state index in [0.29, 0.717) is 0 Å². The summed E-state index contributed by atoms with van der Waals surface area (Å²) in [5.41, 5.74) is 7.01. The van der Waals surface area contributed by atoms with Gasteiger partial charge in [0.25, 0.3) is 0 Å². The Morgan fingerprint density at radius 3 is 2.08 bits per heavy atom. The molecule has 0 amide bonds. The van der Waals surface area contributed by atoms with Crippen molar-refractivity contribution in [1.82, 2.24) is 9.97 Å². The topological polar surface area (TPSA) is 25.8 Å². The van der Waals surface area contributed by atoms with Crippen LogP contribution in [0.5, 0.6) is 0 Å². The van der Waals surface area contributed by atoms with Crippen LogP contribution >= 0.6 is 24.8 Å². The molecule has 2 aromatic heterocycles. The molecule has 0 bridgehead atoms. The molecule has 0 atom stereocenters. The van der Waals surface area contributed by atoms with E-state index in [1.165, 1.54) is 63.6 Å². The normalized spacial score (nSPS) is 10.6. The second kappa shape index (κ2) is 20.3. The van der Waals surface area contributed by atoms with Crippen molar-refractivity contribution in [2.24, 2.45) is 0 Å². The molecule has 0 N–H and O–H groups in total. The van der Waals surface area contributed by atoms with E-state index in [1.54, 1.807) is 0 Å². The fourth-order valence-electron chi connectivity index (χ4n) is 3.84. The van der Waals surface area contributed by atoms with Gasteiger partial charge in [0.05, 0.1) is 11.4 Å².